The van der Waals surface area contributed by atoms with Gasteiger partial charge < -0.3 is 10.5 Å². The lowest BCUT2D eigenvalue weighted by molar-refractivity contribution is 0.416. The zero-order chi connectivity index (χ0) is 13.4. The van der Waals surface area contributed by atoms with Gasteiger partial charge in [-0.3, -0.25) is 4.68 Å². The Balaban J connectivity index is 2.78. The molecule has 1 aromatic carbocycles. The van der Waals surface area contributed by atoms with Crippen LogP contribution in [0.5, 0.6) is 5.75 Å². The van der Waals surface area contributed by atoms with Crippen molar-refractivity contribution in [3.63, 3.8) is 0 Å². The van der Waals surface area contributed by atoms with E-state index in [-0.39, 0.29) is 0 Å². The van der Waals surface area contributed by atoms with Gasteiger partial charge in [-0.05, 0) is 25.0 Å². The first-order chi connectivity index (χ1) is 8.47. The maximum Gasteiger partial charge on any atom is 0.145 e. The maximum atomic E-state index is 6.29. The monoisotopic (exact) mass is 265 g/mol. The van der Waals surface area contributed by atoms with Crippen molar-refractivity contribution < 1.29 is 4.74 Å². The number of nitrogens with two attached hydrogens (primary N) is 1. The van der Waals surface area contributed by atoms with Gasteiger partial charge in [0.2, 0.25) is 0 Å². The minimum atomic E-state index is 0.594. The molecule has 0 saturated carbocycles. The van der Waals surface area contributed by atoms with Gasteiger partial charge in [-0.1, -0.05) is 17.7 Å². The van der Waals surface area contributed by atoms with E-state index in [0.29, 0.717) is 16.6 Å². The second-order valence-electron chi connectivity index (χ2n) is 4.30. The largest absolute Gasteiger partial charge is 0.495 e. The van der Waals surface area contributed by atoms with Crippen molar-refractivity contribution in [2.24, 2.45) is 7.05 Å². The van der Waals surface area contributed by atoms with Crippen molar-refractivity contribution in [2.75, 3.05) is 12.8 Å². The lowest BCUT2D eigenvalue weighted by atomic mass is 9.99. The van der Waals surface area contributed by atoms with Gasteiger partial charge in [-0.25, -0.2) is 0 Å². The average Bonchev–Trinajstić information content (AvgIpc) is 2.65. The Kier molecular flexibility index (Phi) is 3.22. The van der Waals surface area contributed by atoms with Crippen LogP contribution in [0.2, 0.25) is 5.02 Å². The Morgan fingerprint density at radius 1 is 1.33 bits per heavy atom. The average molecular weight is 266 g/mol. The summed E-state index contributed by atoms with van der Waals surface area (Å²) in [6.45, 7) is 3.96. The van der Waals surface area contributed by atoms with Crippen LogP contribution in [0.4, 0.5) is 5.82 Å². The fourth-order valence-corrected chi connectivity index (χ4v) is 2.32. The molecule has 0 bridgehead atoms. The first-order valence-electron chi connectivity index (χ1n) is 5.59. The highest BCUT2D eigenvalue weighted by atomic mass is 35.5. The van der Waals surface area contributed by atoms with Gasteiger partial charge >= 0.3 is 0 Å². The maximum absolute atomic E-state index is 6.29. The molecule has 5 heteroatoms. The third-order valence-corrected chi connectivity index (χ3v) is 3.53. The summed E-state index contributed by atoms with van der Waals surface area (Å²) in [4.78, 5) is 0. The van der Waals surface area contributed by atoms with Gasteiger partial charge in [0.15, 0.2) is 0 Å². The smallest absolute Gasteiger partial charge is 0.145 e. The molecule has 1 aromatic heterocycles. The van der Waals surface area contributed by atoms with E-state index in [9.17, 15) is 0 Å². The van der Waals surface area contributed by atoms with Crippen LogP contribution < -0.4 is 10.5 Å². The van der Waals surface area contributed by atoms with E-state index in [1.54, 1.807) is 25.0 Å². The van der Waals surface area contributed by atoms with Gasteiger partial charge in [-0.2, -0.15) is 5.10 Å². The molecule has 0 fully saturated rings. The van der Waals surface area contributed by atoms with Crippen molar-refractivity contribution in [1.29, 1.82) is 0 Å². The van der Waals surface area contributed by atoms with E-state index in [1.807, 2.05) is 19.9 Å². The number of nitrogens with zero attached hydrogens (tertiary/aromatic N) is 2. The van der Waals surface area contributed by atoms with Crippen LogP contribution >= 0.6 is 11.6 Å². The predicted octanol–water partition coefficient (Wildman–Crippen LogP) is 2.95. The standard InChI is InChI=1S/C13H16ClN3O/c1-7-5-8(2)11(14)12(18-4)10(7)9-6-16-17(3)13(9)15/h5-6H,15H2,1-4H3. The van der Waals surface area contributed by atoms with E-state index in [2.05, 4.69) is 5.10 Å². The number of benzene rings is 1. The molecule has 0 saturated heterocycles. The third kappa shape index (κ3) is 1.82. The summed E-state index contributed by atoms with van der Waals surface area (Å²) in [5.41, 5.74) is 9.81. The fraction of sp³-hybridized carbons (Fsp3) is 0.308. The first kappa shape index (κ1) is 12.8. The van der Waals surface area contributed by atoms with Gasteiger partial charge in [-0.15, -0.1) is 0 Å². The van der Waals surface area contributed by atoms with Crippen LogP contribution in [-0.4, -0.2) is 16.9 Å². The molecule has 0 aliphatic carbocycles. The zero-order valence-corrected chi connectivity index (χ0v) is 11.7. The van der Waals surface area contributed by atoms with Crippen LogP contribution in [0.3, 0.4) is 0 Å². The molecule has 0 radical (unpaired) electrons. The highest BCUT2D eigenvalue weighted by Gasteiger charge is 2.19. The zero-order valence-electron chi connectivity index (χ0n) is 10.9. The molecule has 18 heavy (non-hydrogen) atoms. The summed E-state index contributed by atoms with van der Waals surface area (Å²) in [5, 5.41) is 4.77. The minimum Gasteiger partial charge on any atom is -0.495 e. The number of aromatic nitrogens is 2. The van der Waals surface area contributed by atoms with Crippen LogP contribution in [0.15, 0.2) is 12.3 Å². The summed E-state index contributed by atoms with van der Waals surface area (Å²) >= 11 is 6.29. The number of anilines is 1. The summed E-state index contributed by atoms with van der Waals surface area (Å²) in [5.74, 6) is 1.24. The van der Waals surface area contributed by atoms with Crippen molar-refractivity contribution in [3.05, 3.63) is 28.4 Å². The van der Waals surface area contributed by atoms with Crippen molar-refractivity contribution in [1.82, 2.24) is 9.78 Å². The van der Waals surface area contributed by atoms with Crippen LogP contribution in [0.1, 0.15) is 11.1 Å². The molecular weight excluding hydrogens is 250 g/mol. The molecule has 0 unspecified atom stereocenters. The van der Waals surface area contributed by atoms with Gasteiger partial charge in [0, 0.05) is 18.2 Å². The number of methoxy groups -OCH3 is 1. The topological polar surface area (TPSA) is 53.1 Å². The van der Waals surface area contributed by atoms with E-state index >= 15 is 0 Å². The molecule has 2 aromatic rings. The third-order valence-electron chi connectivity index (χ3n) is 3.06. The molecule has 0 amide bonds. The van der Waals surface area contributed by atoms with Crippen LogP contribution in [0.25, 0.3) is 11.1 Å². The van der Waals surface area contributed by atoms with Gasteiger partial charge in [0.25, 0.3) is 0 Å². The van der Waals surface area contributed by atoms with E-state index in [0.717, 1.165) is 22.3 Å². The Morgan fingerprint density at radius 3 is 2.50 bits per heavy atom. The molecule has 4 nitrogen and oxygen atoms in total. The quantitative estimate of drug-likeness (QED) is 0.908. The highest BCUT2D eigenvalue weighted by molar-refractivity contribution is 6.33. The molecule has 0 aliphatic heterocycles. The first-order valence-corrected chi connectivity index (χ1v) is 5.96. The Bertz CT molecular complexity index is 605. The Morgan fingerprint density at radius 2 is 2.00 bits per heavy atom. The minimum absolute atomic E-state index is 0.594. The van der Waals surface area contributed by atoms with Gasteiger partial charge in [0.1, 0.15) is 11.6 Å². The van der Waals surface area contributed by atoms with Crippen molar-refractivity contribution >= 4 is 17.4 Å². The van der Waals surface area contributed by atoms with Gasteiger partial charge in [0.05, 0.1) is 18.3 Å². The molecule has 0 spiro atoms. The van der Waals surface area contributed by atoms with Crippen LogP contribution in [0, 0.1) is 13.8 Å². The SMILES string of the molecule is COc1c(Cl)c(C)cc(C)c1-c1cnn(C)c1N. The predicted molar refractivity (Wildman–Crippen MR) is 74.1 cm³/mol. The molecule has 0 atom stereocenters. The lowest BCUT2D eigenvalue weighted by Gasteiger charge is -2.15. The fourth-order valence-electron chi connectivity index (χ4n) is 2.09. The summed E-state index contributed by atoms with van der Waals surface area (Å²) < 4.78 is 7.06. The summed E-state index contributed by atoms with van der Waals surface area (Å²) in [7, 11) is 3.41. The number of rotatable bonds is 2. The second-order valence-corrected chi connectivity index (χ2v) is 4.68. The number of hydrogen-bond acceptors (Lipinski definition) is 3. The van der Waals surface area contributed by atoms with Crippen LogP contribution in [-0.2, 0) is 7.05 Å². The normalized spacial score (nSPS) is 10.7. The number of halogens is 1. The van der Waals surface area contributed by atoms with Crippen molar-refractivity contribution in [2.45, 2.75) is 13.8 Å². The number of hydrogen-bond donors (Lipinski definition) is 1. The number of ether oxygens (including phenoxy) is 1. The second kappa shape index (κ2) is 4.53. The molecule has 1 heterocycles. The van der Waals surface area contributed by atoms with E-state index in [4.69, 9.17) is 22.1 Å². The van der Waals surface area contributed by atoms with E-state index in [1.165, 1.54) is 0 Å². The highest BCUT2D eigenvalue weighted by Crippen LogP contribution is 2.42. The molecule has 2 N–H and O–H groups in total. The number of nitrogen functional groups attached to an aromatic ring is 1. The molecular formula is C13H16ClN3O. The lowest BCUT2D eigenvalue weighted by Crippen LogP contribution is -2.00. The number of aryl methyl sites for hydroxylation is 3. The molecule has 2 rings (SSSR count). The Labute approximate surface area is 111 Å². The molecule has 0 aliphatic rings. The van der Waals surface area contributed by atoms with E-state index < -0.39 is 0 Å². The molecule has 96 valence electrons. The summed E-state index contributed by atoms with van der Waals surface area (Å²) in [6.07, 6.45) is 1.73. The van der Waals surface area contributed by atoms with Crippen molar-refractivity contribution in [3.8, 4) is 16.9 Å². The Hall–Kier alpha value is -1.68. The summed E-state index contributed by atoms with van der Waals surface area (Å²) in [6, 6.07) is 2.02.